The minimum Gasteiger partial charge on any atom is -0.338 e. The molecule has 2 fully saturated rings. The SMILES string of the molecule is CC(C)Cn1c(C2CCc3nncn3C2)nnc1N1CC2CCC1C2. The molecule has 2 aromatic heterocycles. The van der Waals surface area contributed by atoms with Crippen molar-refractivity contribution in [2.45, 2.75) is 71.0 Å². The Kier molecular flexibility index (Phi) is 3.57. The first-order valence-electron chi connectivity index (χ1n) is 9.75. The van der Waals surface area contributed by atoms with Crippen molar-refractivity contribution in [2.24, 2.45) is 11.8 Å². The van der Waals surface area contributed by atoms with E-state index in [-0.39, 0.29) is 0 Å². The number of aryl methyl sites for hydroxylation is 1. The molecule has 134 valence electrons. The fraction of sp³-hybridized carbons (Fsp3) is 0.778. The van der Waals surface area contributed by atoms with Crippen molar-refractivity contribution in [3.05, 3.63) is 18.0 Å². The second kappa shape index (κ2) is 5.81. The van der Waals surface area contributed by atoms with Gasteiger partial charge in [-0.05, 0) is 37.5 Å². The van der Waals surface area contributed by atoms with E-state index in [9.17, 15) is 0 Å². The van der Waals surface area contributed by atoms with Gasteiger partial charge >= 0.3 is 0 Å². The van der Waals surface area contributed by atoms with Gasteiger partial charge in [0.25, 0.3) is 0 Å². The molecule has 2 aliphatic heterocycles. The predicted molar refractivity (Wildman–Crippen MR) is 94.4 cm³/mol. The Bertz CT molecular complexity index is 761. The molecule has 0 spiro atoms. The van der Waals surface area contributed by atoms with Crippen LogP contribution in [0, 0.1) is 11.8 Å². The molecular formula is C18H27N7. The molecule has 1 saturated carbocycles. The first kappa shape index (κ1) is 15.3. The summed E-state index contributed by atoms with van der Waals surface area (Å²) in [6.45, 7) is 7.65. The Hall–Kier alpha value is -1.92. The molecule has 1 aliphatic carbocycles. The fourth-order valence-electron chi connectivity index (χ4n) is 5.00. The van der Waals surface area contributed by atoms with E-state index in [0.29, 0.717) is 17.9 Å². The standard InChI is InChI=1S/C18H27N7/c1-12(2)8-25-17(14-4-6-16-20-19-11-23(16)10-14)21-22-18(25)24-9-13-3-5-15(24)7-13/h11-15H,3-10H2,1-2H3. The third-order valence-corrected chi connectivity index (χ3v) is 6.17. The first-order chi connectivity index (χ1) is 12.2. The van der Waals surface area contributed by atoms with Gasteiger partial charge < -0.3 is 9.47 Å². The number of nitrogens with zero attached hydrogens (tertiary/aromatic N) is 7. The Balaban J connectivity index is 1.47. The topological polar surface area (TPSA) is 64.7 Å². The summed E-state index contributed by atoms with van der Waals surface area (Å²) in [5, 5.41) is 17.7. The molecule has 0 N–H and O–H groups in total. The number of hydrogen-bond donors (Lipinski definition) is 0. The summed E-state index contributed by atoms with van der Waals surface area (Å²) in [5.74, 6) is 5.23. The van der Waals surface area contributed by atoms with Crippen molar-refractivity contribution in [1.29, 1.82) is 0 Å². The molecule has 3 atom stereocenters. The van der Waals surface area contributed by atoms with Gasteiger partial charge in [0, 0.05) is 38.0 Å². The van der Waals surface area contributed by atoms with Crippen LogP contribution in [0.15, 0.2) is 6.33 Å². The van der Waals surface area contributed by atoms with E-state index in [4.69, 9.17) is 5.10 Å². The van der Waals surface area contributed by atoms with Crippen molar-refractivity contribution in [2.75, 3.05) is 11.4 Å². The average Bonchev–Trinajstić information content (AvgIpc) is 3.36. The molecule has 2 bridgehead atoms. The summed E-state index contributed by atoms with van der Waals surface area (Å²) in [6.07, 6.45) is 7.97. The Labute approximate surface area is 148 Å². The van der Waals surface area contributed by atoms with E-state index in [1.54, 1.807) is 0 Å². The highest BCUT2D eigenvalue weighted by Crippen LogP contribution is 2.40. The Morgan fingerprint density at radius 3 is 2.80 bits per heavy atom. The second-order valence-electron chi connectivity index (χ2n) is 8.48. The monoisotopic (exact) mass is 341 g/mol. The number of fused-ring (bicyclic) bond motifs is 3. The summed E-state index contributed by atoms with van der Waals surface area (Å²) in [5.41, 5.74) is 0. The smallest absolute Gasteiger partial charge is 0.227 e. The zero-order chi connectivity index (χ0) is 17.0. The van der Waals surface area contributed by atoms with Gasteiger partial charge in [-0.2, -0.15) is 0 Å². The average molecular weight is 341 g/mol. The minimum absolute atomic E-state index is 0.406. The van der Waals surface area contributed by atoms with Crippen LogP contribution in [-0.2, 0) is 19.5 Å². The van der Waals surface area contributed by atoms with Crippen molar-refractivity contribution < 1.29 is 0 Å². The zero-order valence-electron chi connectivity index (χ0n) is 15.2. The molecule has 7 nitrogen and oxygen atoms in total. The molecule has 0 amide bonds. The van der Waals surface area contributed by atoms with Gasteiger partial charge in [-0.1, -0.05) is 13.8 Å². The molecule has 7 heteroatoms. The summed E-state index contributed by atoms with van der Waals surface area (Å²) in [4.78, 5) is 2.54. The Morgan fingerprint density at radius 1 is 1.12 bits per heavy atom. The zero-order valence-corrected chi connectivity index (χ0v) is 15.2. The van der Waals surface area contributed by atoms with E-state index in [1.165, 1.54) is 25.8 Å². The lowest BCUT2D eigenvalue weighted by Gasteiger charge is -2.30. The number of piperidine rings is 1. The number of rotatable bonds is 4. The summed E-state index contributed by atoms with van der Waals surface area (Å²) in [6, 6.07) is 0.684. The van der Waals surface area contributed by atoms with Crippen LogP contribution < -0.4 is 4.90 Å². The van der Waals surface area contributed by atoms with Gasteiger partial charge in [0.15, 0.2) is 0 Å². The molecule has 3 aliphatic rings. The van der Waals surface area contributed by atoms with Crippen LogP contribution in [-0.4, -0.2) is 42.1 Å². The van der Waals surface area contributed by atoms with Gasteiger partial charge in [-0.25, -0.2) is 0 Å². The summed E-state index contributed by atoms with van der Waals surface area (Å²) >= 11 is 0. The van der Waals surface area contributed by atoms with Gasteiger partial charge in [0.1, 0.15) is 18.0 Å². The Morgan fingerprint density at radius 2 is 2.04 bits per heavy atom. The number of aromatic nitrogens is 6. The van der Waals surface area contributed by atoms with Gasteiger partial charge in [0.05, 0.1) is 0 Å². The van der Waals surface area contributed by atoms with Crippen LogP contribution in [0.4, 0.5) is 5.95 Å². The maximum absolute atomic E-state index is 4.70. The van der Waals surface area contributed by atoms with Gasteiger partial charge in [-0.3, -0.25) is 4.57 Å². The summed E-state index contributed by atoms with van der Waals surface area (Å²) < 4.78 is 4.60. The van der Waals surface area contributed by atoms with Gasteiger partial charge in [-0.15, -0.1) is 20.4 Å². The lowest BCUT2D eigenvalue weighted by Crippen LogP contribution is -2.35. The highest BCUT2D eigenvalue weighted by Gasteiger charge is 2.40. The number of hydrogen-bond acceptors (Lipinski definition) is 5. The first-order valence-corrected chi connectivity index (χ1v) is 9.75. The van der Waals surface area contributed by atoms with Gasteiger partial charge in [0.2, 0.25) is 5.95 Å². The maximum atomic E-state index is 4.70. The van der Waals surface area contributed by atoms with Crippen LogP contribution in [0.3, 0.4) is 0 Å². The third-order valence-electron chi connectivity index (χ3n) is 6.17. The van der Waals surface area contributed by atoms with Crippen molar-refractivity contribution >= 4 is 5.95 Å². The third kappa shape index (κ3) is 2.55. The van der Waals surface area contributed by atoms with Crippen LogP contribution in [0.5, 0.6) is 0 Å². The van der Waals surface area contributed by atoms with Crippen molar-refractivity contribution in [3.63, 3.8) is 0 Å². The van der Waals surface area contributed by atoms with E-state index in [2.05, 4.69) is 43.2 Å². The predicted octanol–water partition coefficient (Wildman–Crippen LogP) is 2.24. The minimum atomic E-state index is 0.406. The maximum Gasteiger partial charge on any atom is 0.227 e. The van der Waals surface area contributed by atoms with Crippen molar-refractivity contribution in [1.82, 2.24) is 29.5 Å². The van der Waals surface area contributed by atoms with Crippen LogP contribution in [0.2, 0.25) is 0 Å². The lowest BCUT2D eigenvalue weighted by atomic mass is 9.98. The normalized spacial score (nSPS) is 28.1. The molecule has 1 saturated heterocycles. The quantitative estimate of drug-likeness (QED) is 0.853. The van der Waals surface area contributed by atoms with E-state index >= 15 is 0 Å². The molecule has 0 radical (unpaired) electrons. The molecule has 25 heavy (non-hydrogen) atoms. The molecule has 4 heterocycles. The molecule has 3 unspecified atom stereocenters. The van der Waals surface area contributed by atoms with Crippen LogP contribution in [0.1, 0.15) is 57.1 Å². The van der Waals surface area contributed by atoms with E-state index in [1.807, 2.05) is 6.33 Å². The fourth-order valence-corrected chi connectivity index (χ4v) is 5.00. The second-order valence-corrected chi connectivity index (χ2v) is 8.48. The highest BCUT2D eigenvalue weighted by atomic mass is 15.4. The molecule has 2 aromatic rings. The number of anilines is 1. The molecule has 5 rings (SSSR count). The molecule has 0 aromatic carbocycles. The van der Waals surface area contributed by atoms with Crippen LogP contribution >= 0.6 is 0 Å². The molecular weight excluding hydrogens is 314 g/mol. The highest BCUT2D eigenvalue weighted by molar-refractivity contribution is 5.37. The van der Waals surface area contributed by atoms with Crippen molar-refractivity contribution in [3.8, 4) is 0 Å². The van der Waals surface area contributed by atoms with E-state index < -0.39 is 0 Å². The van der Waals surface area contributed by atoms with Crippen LogP contribution in [0.25, 0.3) is 0 Å². The summed E-state index contributed by atoms with van der Waals surface area (Å²) in [7, 11) is 0. The van der Waals surface area contributed by atoms with E-state index in [0.717, 1.165) is 49.4 Å². The lowest BCUT2D eigenvalue weighted by molar-refractivity contribution is 0.408. The largest absolute Gasteiger partial charge is 0.338 e.